The maximum absolute atomic E-state index is 11.9. The van der Waals surface area contributed by atoms with Gasteiger partial charge in [0.15, 0.2) is 0 Å². The average molecular weight is 230 g/mol. The van der Waals surface area contributed by atoms with Gasteiger partial charge in [-0.1, -0.05) is 37.3 Å². The van der Waals surface area contributed by atoms with Gasteiger partial charge in [0, 0.05) is 6.42 Å². The second-order valence-corrected chi connectivity index (χ2v) is 3.85. The van der Waals surface area contributed by atoms with Crippen LogP contribution in [-0.2, 0) is 4.79 Å². The minimum atomic E-state index is -4.40. The molecule has 0 aromatic heterocycles. The SMILES string of the molecule is CC(CC(=O)CC(F)(F)F)c1ccccc1. The van der Waals surface area contributed by atoms with Crippen LogP contribution in [0.4, 0.5) is 13.2 Å². The second-order valence-electron chi connectivity index (χ2n) is 3.85. The van der Waals surface area contributed by atoms with Crippen molar-refractivity contribution in [1.29, 1.82) is 0 Å². The molecule has 0 aliphatic carbocycles. The minimum Gasteiger partial charge on any atom is -0.299 e. The molecule has 1 aromatic carbocycles. The van der Waals surface area contributed by atoms with Crippen LogP contribution in [-0.4, -0.2) is 12.0 Å². The van der Waals surface area contributed by atoms with Crippen LogP contribution in [0.2, 0.25) is 0 Å². The summed E-state index contributed by atoms with van der Waals surface area (Å²) in [6, 6.07) is 9.06. The molecule has 0 aliphatic rings. The Morgan fingerprint density at radius 2 is 1.81 bits per heavy atom. The molecule has 1 atom stereocenters. The van der Waals surface area contributed by atoms with Crippen LogP contribution in [0.1, 0.15) is 31.2 Å². The first-order chi connectivity index (χ1) is 7.38. The number of hydrogen-bond donors (Lipinski definition) is 0. The van der Waals surface area contributed by atoms with E-state index >= 15 is 0 Å². The highest BCUT2D eigenvalue weighted by Crippen LogP contribution is 2.25. The van der Waals surface area contributed by atoms with E-state index in [4.69, 9.17) is 0 Å². The molecule has 16 heavy (non-hydrogen) atoms. The van der Waals surface area contributed by atoms with Crippen molar-refractivity contribution in [1.82, 2.24) is 0 Å². The molecule has 0 saturated heterocycles. The fraction of sp³-hybridized carbons (Fsp3) is 0.417. The summed E-state index contributed by atoms with van der Waals surface area (Å²) < 4.78 is 35.8. The van der Waals surface area contributed by atoms with Gasteiger partial charge < -0.3 is 0 Å². The van der Waals surface area contributed by atoms with Gasteiger partial charge in [-0.15, -0.1) is 0 Å². The van der Waals surface area contributed by atoms with Gasteiger partial charge in [-0.25, -0.2) is 0 Å². The molecule has 4 heteroatoms. The smallest absolute Gasteiger partial charge is 0.299 e. The first kappa shape index (κ1) is 12.7. The van der Waals surface area contributed by atoms with E-state index in [2.05, 4.69) is 0 Å². The van der Waals surface area contributed by atoms with Crippen LogP contribution in [0, 0.1) is 0 Å². The van der Waals surface area contributed by atoms with Crippen LogP contribution in [0.15, 0.2) is 30.3 Å². The van der Waals surface area contributed by atoms with Gasteiger partial charge >= 0.3 is 6.18 Å². The lowest BCUT2D eigenvalue weighted by Crippen LogP contribution is -2.16. The molecule has 0 aliphatic heterocycles. The number of alkyl halides is 3. The van der Waals surface area contributed by atoms with Gasteiger partial charge in [0.2, 0.25) is 0 Å². The number of rotatable bonds is 4. The maximum Gasteiger partial charge on any atom is 0.395 e. The Balaban J connectivity index is 2.52. The molecule has 0 fully saturated rings. The fourth-order valence-electron chi connectivity index (χ4n) is 1.54. The van der Waals surface area contributed by atoms with Gasteiger partial charge in [0.05, 0.1) is 0 Å². The predicted octanol–water partition coefficient (Wildman–Crippen LogP) is 3.70. The Morgan fingerprint density at radius 1 is 1.25 bits per heavy atom. The van der Waals surface area contributed by atoms with Crippen molar-refractivity contribution in [3.63, 3.8) is 0 Å². The van der Waals surface area contributed by atoms with Crippen molar-refractivity contribution in [3.05, 3.63) is 35.9 Å². The molecule has 88 valence electrons. The molecule has 0 heterocycles. The van der Waals surface area contributed by atoms with Crippen LogP contribution in [0.5, 0.6) is 0 Å². The highest BCUT2D eigenvalue weighted by molar-refractivity contribution is 5.79. The number of benzene rings is 1. The van der Waals surface area contributed by atoms with Crippen LogP contribution < -0.4 is 0 Å². The summed E-state index contributed by atoms with van der Waals surface area (Å²) in [6.45, 7) is 1.75. The van der Waals surface area contributed by atoms with Crippen LogP contribution >= 0.6 is 0 Å². The molecule has 0 saturated carbocycles. The molecular formula is C12H13F3O. The lowest BCUT2D eigenvalue weighted by atomic mass is 9.95. The number of hydrogen-bond acceptors (Lipinski definition) is 1. The van der Waals surface area contributed by atoms with Crippen LogP contribution in [0.25, 0.3) is 0 Å². The van der Waals surface area contributed by atoms with Crippen LogP contribution in [0.3, 0.4) is 0 Å². The quantitative estimate of drug-likeness (QED) is 0.770. The monoisotopic (exact) mass is 230 g/mol. The summed E-state index contributed by atoms with van der Waals surface area (Å²) in [7, 11) is 0. The third-order valence-corrected chi connectivity index (χ3v) is 2.30. The molecule has 0 radical (unpaired) electrons. The Labute approximate surface area is 92.3 Å². The summed E-state index contributed by atoms with van der Waals surface area (Å²) in [5.74, 6) is -0.931. The third kappa shape index (κ3) is 4.47. The largest absolute Gasteiger partial charge is 0.395 e. The lowest BCUT2D eigenvalue weighted by molar-refractivity contribution is -0.152. The highest BCUT2D eigenvalue weighted by atomic mass is 19.4. The van der Waals surface area contributed by atoms with Crippen molar-refractivity contribution in [2.75, 3.05) is 0 Å². The standard InChI is InChI=1S/C12H13F3O/c1-9(10-5-3-2-4-6-10)7-11(16)8-12(13,14)15/h2-6,9H,7-8H2,1H3. The predicted molar refractivity (Wildman–Crippen MR) is 55.2 cm³/mol. The van der Waals surface area contributed by atoms with Crippen molar-refractivity contribution in [3.8, 4) is 0 Å². The number of ketones is 1. The van der Waals surface area contributed by atoms with E-state index in [1.54, 1.807) is 19.1 Å². The van der Waals surface area contributed by atoms with E-state index in [1.807, 2.05) is 18.2 Å². The number of halogens is 3. The van der Waals surface area contributed by atoms with E-state index in [0.717, 1.165) is 5.56 Å². The third-order valence-electron chi connectivity index (χ3n) is 2.30. The van der Waals surface area contributed by atoms with Crippen molar-refractivity contribution in [2.24, 2.45) is 0 Å². The molecule has 0 N–H and O–H groups in total. The molecule has 0 amide bonds. The highest BCUT2D eigenvalue weighted by Gasteiger charge is 2.31. The van der Waals surface area contributed by atoms with Crippen molar-refractivity contribution in [2.45, 2.75) is 31.9 Å². The van der Waals surface area contributed by atoms with Crippen molar-refractivity contribution >= 4 is 5.78 Å². The first-order valence-electron chi connectivity index (χ1n) is 5.02. The minimum absolute atomic E-state index is 0.0659. The Bertz CT molecular complexity index is 343. The molecule has 1 unspecified atom stereocenters. The van der Waals surface area contributed by atoms with E-state index in [9.17, 15) is 18.0 Å². The van der Waals surface area contributed by atoms with Crippen molar-refractivity contribution < 1.29 is 18.0 Å². The molecular weight excluding hydrogens is 217 g/mol. The number of Topliss-reactive ketones (excluding diaryl/α,β-unsaturated/α-hetero) is 1. The lowest BCUT2D eigenvalue weighted by Gasteiger charge is -2.11. The van der Waals surface area contributed by atoms with E-state index in [-0.39, 0.29) is 12.3 Å². The van der Waals surface area contributed by atoms with E-state index < -0.39 is 18.4 Å². The summed E-state index contributed by atoms with van der Waals surface area (Å²) in [5, 5.41) is 0. The maximum atomic E-state index is 11.9. The van der Waals surface area contributed by atoms with Gasteiger partial charge in [0.1, 0.15) is 12.2 Å². The zero-order valence-electron chi connectivity index (χ0n) is 8.92. The Hall–Kier alpha value is -1.32. The molecule has 0 bridgehead atoms. The number of carbonyl (C=O) groups is 1. The van der Waals surface area contributed by atoms with Gasteiger partial charge in [0.25, 0.3) is 0 Å². The average Bonchev–Trinajstić information content (AvgIpc) is 2.16. The van der Waals surface area contributed by atoms with Gasteiger partial charge in [-0.05, 0) is 11.5 Å². The Kier molecular flexibility index (Phi) is 4.10. The zero-order chi connectivity index (χ0) is 12.2. The number of carbonyl (C=O) groups excluding carboxylic acids is 1. The first-order valence-corrected chi connectivity index (χ1v) is 5.02. The summed E-state index contributed by atoms with van der Waals surface area (Å²) in [4.78, 5) is 11.1. The molecule has 0 spiro atoms. The van der Waals surface area contributed by atoms with E-state index in [1.165, 1.54) is 0 Å². The summed E-state index contributed by atoms with van der Waals surface area (Å²) >= 11 is 0. The van der Waals surface area contributed by atoms with Gasteiger partial charge in [-0.2, -0.15) is 13.2 Å². The van der Waals surface area contributed by atoms with Gasteiger partial charge in [-0.3, -0.25) is 4.79 Å². The molecule has 1 aromatic rings. The molecule has 1 nitrogen and oxygen atoms in total. The second kappa shape index (κ2) is 5.14. The topological polar surface area (TPSA) is 17.1 Å². The molecule has 1 rings (SSSR count). The normalized spacial score (nSPS) is 13.5. The fourth-order valence-corrected chi connectivity index (χ4v) is 1.54. The Morgan fingerprint density at radius 3 is 2.31 bits per heavy atom. The van der Waals surface area contributed by atoms with E-state index in [0.29, 0.717) is 0 Å². The summed E-state index contributed by atoms with van der Waals surface area (Å²) in [5.41, 5.74) is 0.887. The summed E-state index contributed by atoms with van der Waals surface area (Å²) in [6.07, 6.45) is -5.79. The zero-order valence-corrected chi connectivity index (χ0v) is 8.92.